The Bertz CT molecular complexity index is 757. The molecule has 2 atom stereocenters. The highest BCUT2D eigenvalue weighted by molar-refractivity contribution is 6.02. The second kappa shape index (κ2) is 5.96. The van der Waals surface area contributed by atoms with Crippen molar-refractivity contribution in [3.8, 4) is 6.07 Å². The predicted octanol–water partition coefficient (Wildman–Crippen LogP) is 1.93. The van der Waals surface area contributed by atoms with Gasteiger partial charge >= 0.3 is 11.9 Å². The van der Waals surface area contributed by atoms with Crippen LogP contribution in [0.15, 0.2) is 18.2 Å². The van der Waals surface area contributed by atoms with Crippen LogP contribution in [0.2, 0.25) is 0 Å². The van der Waals surface area contributed by atoms with Crippen LogP contribution in [-0.2, 0) is 15.0 Å². The molecule has 1 heterocycles. The molecule has 0 radical (unpaired) electrons. The first-order valence-corrected chi connectivity index (χ1v) is 7.39. The van der Waals surface area contributed by atoms with E-state index in [1.54, 1.807) is 18.2 Å². The van der Waals surface area contributed by atoms with Crippen molar-refractivity contribution in [2.24, 2.45) is 0 Å². The van der Waals surface area contributed by atoms with E-state index < -0.39 is 36.4 Å². The van der Waals surface area contributed by atoms with Crippen LogP contribution >= 0.6 is 0 Å². The van der Waals surface area contributed by atoms with Gasteiger partial charge in [-0.2, -0.15) is 5.26 Å². The quantitative estimate of drug-likeness (QED) is 0.870. The van der Waals surface area contributed by atoms with Gasteiger partial charge in [-0.05, 0) is 17.0 Å². The van der Waals surface area contributed by atoms with Crippen LogP contribution in [0.4, 0.5) is 0 Å². The fourth-order valence-corrected chi connectivity index (χ4v) is 2.78. The molecular weight excluding hydrogens is 312 g/mol. The summed E-state index contributed by atoms with van der Waals surface area (Å²) < 4.78 is 0. The van der Waals surface area contributed by atoms with Gasteiger partial charge in [0.2, 0.25) is 0 Å². The van der Waals surface area contributed by atoms with Crippen molar-refractivity contribution in [3.05, 3.63) is 34.9 Å². The second-order valence-electron chi connectivity index (χ2n) is 6.75. The molecule has 0 spiro atoms. The van der Waals surface area contributed by atoms with Crippen molar-refractivity contribution >= 4 is 17.8 Å². The molecule has 7 heteroatoms. The van der Waals surface area contributed by atoms with Crippen LogP contribution in [0.3, 0.4) is 0 Å². The van der Waals surface area contributed by atoms with Gasteiger partial charge < -0.3 is 15.1 Å². The Kier molecular flexibility index (Phi) is 4.34. The van der Waals surface area contributed by atoms with Gasteiger partial charge in [0.05, 0.1) is 12.5 Å². The number of carbonyl (C=O) groups excluding carboxylic acids is 1. The Balaban J connectivity index is 2.54. The average Bonchev–Trinajstić information content (AvgIpc) is 2.75. The monoisotopic (exact) mass is 330 g/mol. The summed E-state index contributed by atoms with van der Waals surface area (Å²) in [4.78, 5) is 35.8. The minimum absolute atomic E-state index is 0.210. The van der Waals surface area contributed by atoms with Crippen molar-refractivity contribution < 1.29 is 24.6 Å². The van der Waals surface area contributed by atoms with E-state index in [0.29, 0.717) is 5.56 Å². The molecule has 0 saturated heterocycles. The molecule has 1 aromatic rings. The molecule has 1 amide bonds. The van der Waals surface area contributed by atoms with Gasteiger partial charge in [-0.15, -0.1) is 0 Å². The maximum absolute atomic E-state index is 12.6. The Hall–Kier alpha value is -2.88. The molecule has 0 bridgehead atoms. The summed E-state index contributed by atoms with van der Waals surface area (Å²) in [5, 5.41) is 27.7. The minimum atomic E-state index is -1.59. The molecule has 2 unspecified atom stereocenters. The van der Waals surface area contributed by atoms with Crippen LogP contribution in [-0.4, -0.2) is 39.0 Å². The van der Waals surface area contributed by atoms with Crippen LogP contribution in [0, 0.1) is 11.3 Å². The topological polar surface area (TPSA) is 119 Å². The summed E-state index contributed by atoms with van der Waals surface area (Å²) in [5.74, 6) is -3.43. The maximum Gasteiger partial charge on any atom is 0.327 e. The van der Waals surface area contributed by atoms with Crippen LogP contribution < -0.4 is 0 Å². The highest BCUT2D eigenvalue weighted by atomic mass is 16.4. The summed E-state index contributed by atoms with van der Waals surface area (Å²) in [6, 6.07) is 4.29. The maximum atomic E-state index is 12.6. The molecule has 0 aromatic heterocycles. The van der Waals surface area contributed by atoms with E-state index in [0.717, 1.165) is 10.5 Å². The molecule has 2 rings (SSSR count). The third kappa shape index (κ3) is 2.95. The van der Waals surface area contributed by atoms with E-state index in [9.17, 15) is 24.8 Å². The number of aliphatic carboxylic acids is 2. The summed E-state index contributed by atoms with van der Waals surface area (Å²) >= 11 is 0. The minimum Gasteiger partial charge on any atom is -0.481 e. The number of rotatable bonds is 4. The SMILES string of the molecule is CC(C)(C)c1ccc2c(c1)C(C#N)N(C(CC(=O)O)C(=O)O)C2=O. The molecule has 7 nitrogen and oxygen atoms in total. The number of hydrogen-bond donors (Lipinski definition) is 2. The first-order valence-electron chi connectivity index (χ1n) is 7.39. The third-order valence-electron chi connectivity index (χ3n) is 4.07. The predicted molar refractivity (Wildman–Crippen MR) is 83.3 cm³/mol. The zero-order chi connectivity index (χ0) is 18.2. The third-order valence-corrected chi connectivity index (χ3v) is 4.07. The molecule has 0 saturated carbocycles. The van der Waals surface area contributed by atoms with E-state index in [1.165, 1.54) is 0 Å². The highest BCUT2D eigenvalue weighted by Crippen LogP contribution is 2.38. The molecule has 1 aliphatic heterocycles. The number of nitrogens with zero attached hydrogens (tertiary/aromatic N) is 2. The number of carboxylic acids is 2. The number of fused-ring (bicyclic) bond motifs is 1. The molecule has 126 valence electrons. The van der Waals surface area contributed by atoms with E-state index in [4.69, 9.17) is 5.11 Å². The van der Waals surface area contributed by atoms with Crippen molar-refractivity contribution in [1.29, 1.82) is 5.26 Å². The van der Waals surface area contributed by atoms with Crippen LogP contribution in [0.5, 0.6) is 0 Å². The number of benzene rings is 1. The van der Waals surface area contributed by atoms with E-state index in [1.807, 2.05) is 26.8 Å². The smallest absolute Gasteiger partial charge is 0.327 e. The van der Waals surface area contributed by atoms with Crippen LogP contribution in [0.25, 0.3) is 0 Å². The molecule has 2 N–H and O–H groups in total. The normalized spacial score (nSPS) is 18.0. The van der Waals surface area contributed by atoms with Gasteiger partial charge in [0.25, 0.3) is 5.91 Å². The van der Waals surface area contributed by atoms with Gasteiger partial charge in [-0.1, -0.05) is 32.9 Å². The number of carboxylic acid groups (broad SMARTS) is 2. The van der Waals surface area contributed by atoms with Crippen molar-refractivity contribution in [2.75, 3.05) is 0 Å². The summed E-state index contributed by atoms with van der Waals surface area (Å²) in [6.45, 7) is 5.94. The second-order valence-corrected chi connectivity index (χ2v) is 6.75. The number of nitriles is 1. The summed E-state index contributed by atoms with van der Waals surface area (Å²) in [5.41, 5.74) is 1.36. The van der Waals surface area contributed by atoms with E-state index in [2.05, 4.69) is 0 Å². The lowest BCUT2D eigenvalue weighted by molar-refractivity contribution is -0.149. The van der Waals surface area contributed by atoms with E-state index in [-0.39, 0.29) is 11.0 Å². The lowest BCUT2D eigenvalue weighted by Gasteiger charge is -2.26. The van der Waals surface area contributed by atoms with Gasteiger partial charge in [-0.3, -0.25) is 9.59 Å². The number of hydrogen-bond acceptors (Lipinski definition) is 4. The van der Waals surface area contributed by atoms with Gasteiger partial charge in [0.15, 0.2) is 0 Å². The number of carbonyl (C=O) groups is 3. The van der Waals surface area contributed by atoms with E-state index >= 15 is 0 Å². The zero-order valence-electron chi connectivity index (χ0n) is 13.6. The van der Waals surface area contributed by atoms with Gasteiger partial charge in [-0.25, -0.2) is 4.79 Å². The molecule has 1 aromatic carbocycles. The van der Waals surface area contributed by atoms with Crippen molar-refractivity contribution in [2.45, 2.75) is 44.7 Å². The lowest BCUT2D eigenvalue weighted by atomic mass is 9.85. The summed E-state index contributed by atoms with van der Waals surface area (Å²) in [7, 11) is 0. The summed E-state index contributed by atoms with van der Waals surface area (Å²) in [6.07, 6.45) is -0.765. The fourth-order valence-electron chi connectivity index (χ4n) is 2.78. The Labute approximate surface area is 139 Å². The Morgan fingerprint density at radius 1 is 1.33 bits per heavy atom. The van der Waals surface area contributed by atoms with Crippen molar-refractivity contribution in [3.63, 3.8) is 0 Å². The molecular formula is C17H18N2O5. The first kappa shape index (κ1) is 17.5. The standard InChI is InChI=1S/C17H18N2O5/c1-17(2,3)9-4-5-10-11(6-9)13(8-18)19(15(10)22)12(16(23)24)7-14(20)21/h4-6,12-13H,7H2,1-3H3,(H,20,21)(H,23,24). The lowest BCUT2D eigenvalue weighted by Crippen LogP contribution is -2.44. The Morgan fingerprint density at radius 2 is 1.96 bits per heavy atom. The zero-order valence-corrected chi connectivity index (χ0v) is 13.6. The Morgan fingerprint density at radius 3 is 2.42 bits per heavy atom. The van der Waals surface area contributed by atoms with Crippen LogP contribution in [0.1, 0.15) is 54.7 Å². The molecule has 1 aliphatic rings. The first-order chi connectivity index (χ1) is 11.1. The average molecular weight is 330 g/mol. The van der Waals surface area contributed by atoms with Crippen molar-refractivity contribution in [1.82, 2.24) is 4.90 Å². The molecule has 0 aliphatic carbocycles. The largest absolute Gasteiger partial charge is 0.481 e. The number of amides is 1. The fraction of sp³-hybridized carbons (Fsp3) is 0.412. The van der Waals surface area contributed by atoms with Gasteiger partial charge in [0.1, 0.15) is 12.1 Å². The van der Waals surface area contributed by atoms with Gasteiger partial charge in [0, 0.05) is 11.1 Å². The molecule has 24 heavy (non-hydrogen) atoms. The highest BCUT2D eigenvalue weighted by Gasteiger charge is 2.44. The molecule has 0 fully saturated rings.